The van der Waals surface area contributed by atoms with Gasteiger partial charge in [0, 0.05) is 11.1 Å². The summed E-state index contributed by atoms with van der Waals surface area (Å²) in [6, 6.07) is 0. The molecule has 0 saturated heterocycles. The third-order valence-corrected chi connectivity index (χ3v) is 3.41. The van der Waals surface area contributed by atoms with Crippen molar-refractivity contribution in [1.29, 1.82) is 0 Å². The number of hydrogen-bond acceptors (Lipinski definition) is 4. The SMILES string of the molecule is CCC/C=C/OC(=O)C1=C(C(=O)O/C=C/CCC)CCCC1. The number of esters is 2. The average molecular weight is 306 g/mol. The van der Waals surface area contributed by atoms with Crippen LogP contribution in [-0.4, -0.2) is 11.9 Å². The lowest BCUT2D eigenvalue weighted by molar-refractivity contribution is -0.137. The van der Waals surface area contributed by atoms with Crippen molar-refractivity contribution in [1.82, 2.24) is 0 Å². The van der Waals surface area contributed by atoms with Crippen LogP contribution in [0.25, 0.3) is 0 Å². The minimum Gasteiger partial charge on any atom is -0.431 e. The molecule has 0 bridgehead atoms. The quantitative estimate of drug-likeness (QED) is 0.487. The van der Waals surface area contributed by atoms with E-state index in [2.05, 4.69) is 13.8 Å². The second-order valence-corrected chi connectivity index (χ2v) is 5.30. The van der Waals surface area contributed by atoms with Gasteiger partial charge >= 0.3 is 11.9 Å². The highest BCUT2D eigenvalue weighted by atomic mass is 16.5. The highest BCUT2D eigenvalue weighted by Crippen LogP contribution is 2.26. The third kappa shape index (κ3) is 6.29. The Hall–Kier alpha value is -1.84. The maximum absolute atomic E-state index is 12.1. The lowest BCUT2D eigenvalue weighted by Crippen LogP contribution is -2.17. The molecule has 0 amide bonds. The summed E-state index contributed by atoms with van der Waals surface area (Å²) >= 11 is 0. The van der Waals surface area contributed by atoms with E-state index in [0.29, 0.717) is 24.0 Å². The van der Waals surface area contributed by atoms with Gasteiger partial charge in [-0.1, -0.05) is 26.7 Å². The summed E-state index contributed by atoms with van der Waals surface area (Å²) < 4.78 is 10.2. The van der Waals surface area contributed by atoms with Crippen molar-refractivity contribution >= 4 is 11.9 Å². The van der Waals surface area contributed by atoms with Gasteiger partial charge in [-0.3, -0.25) is 0 Å². The highest BCUT2D eigenvalue weighted by molar-refractivity contribution is 6.01. The van der Waals surface area contributed by atoms with Crippen molar-refractivity contribution in [2.24, 2.45) is 0 Å². The van der Waals surface area contributed by atoms with Crippen molar-refractivity contribution < 1.29 is 19.1 Å². The second-order valence-electron chi connectivity index (χ2n) is 5.30. The maximum Gasteiger partial charge on any atom is 0.339 e. The molecule has 0 saturated carbocycles. The Balaban J connectivity index is 2.70. The molecule has 22 heavy (non-hydrogen) atoms. The van der Waals surface area contributed by atoms with E-state index in [9.17, 15) is 9.59 Å². The Kier molecular flexibility index (Phi) is 8.96. The summed E-state index contributed by atoms with van der Waals surface area (Å²) in [5.74, 6) is -0.868. The number of allylic oxidation sites excluding steroid dienone is 2. The molecule has 0 heterocycles. The first-order valence-electron chi connectivity index (χ1n) is 8.14. The van der Waals surface area contributed by atoms with E-state index in [1.54, 1.807) is 0 Å². The van der Waals surface area contributed by atoms with Gasteiger partial charge < -0.3 is 9.47 Å². The van der Waals surface area contributed by atoms with Crippen molar-refractivity contribution in [2.45, 2.75) is 65.2 Å². The first-order valence-corrected chi connectivity index (χ1v) is 8.14. The van der Waals surface area contributed by atoms with Gasteiger partial charge in [0.05, 0.1) is 12.5 Å². The predicted octanol–water partition coefficient (Wildman–Crippen LogP) is 4.57. The van der Waals surface area contributed by atoms with Gasteiger partial charge in [-0.15, -0.1) is 0 Å². The zero-order valence-corrected chi connectivity index (χ0v) is 13.6. The van der Waals surface area contributed by atoms with Gasteiger partial charge in [0.15, 0.2) is 0 Å². The Morgan fingerprint density at radius 1 is 0.864 bits per heavy atom. The third-order valence-electron chi connectivity index (χ3n) is 3.41. The summed E-state index contributed by atoms with van der Waals surface area (Å²) in [5.41, 5.74) is 0.919. The van der Waals surface area contributed by atoms with E-state index >= 15 is 0 Å². The molecule has 4 nitrogen and oxygen atoms in total. The molecule has 0 aromatic carbocycles. The molecule has 4 heteroatoms. The van der Waals surface area contributed by atoms with Crippen LogP contribution in [0.15, 0.2) is 35.8 Å². The Bertz CT molecular complexity index is 416. The summed E-state index contributed by atoms with van der Waals surface area (Å²) in [6.07, 6.45) is 13.1. The molecule has 0 fully saturated rings. The van der Waals surface area contributed by atoms with Crippen LogP contribution in [0.5, 0.6) is 0 Å². The minimum atomic E-state index is -0.434. The molecule has 1 aliphatic carbocycles. The lowest BCUT2D eigenvalue weighted by atomic mass is 9.92. The van der Waals surface area contributed by atoms with Crippen molar-refractivity contribution in [3.05, 3.63) is 35.8 Å². The first-order chi connectivity index (χ1) is 10.7. The summed E-state index contributed by atoms with van der Waals surface area (Å²) in [4.78, 5) is 24.2. The fraction of sp³-hybridized carbons (Fsp3) is 0.556. The number of hydrogen-bond donors (Lipinski definition) is 0. The number of carbonyl (C=O) groups excluding carboxylic acids is 2. The van der Waals surface area contributed by atoms with Crippen LogP contribution >= 0.6 is 0 Å². The molecule has 1 rings (SSSR count). The topological polar surface area (TPSA) is 52.6 Å². The van der Waals surface area contributed by atoms with E-state index in [1.807, 2.05) is 12.2 Å². The smallest absolute Gasteiger partial charge is 0.339 e. The minimum absolute atomic E-state index is 0.434. The van der Waals surface area contributed by atoms with E-state index < -0.39 is 11.9 Å². The molecule has 0 N–H and O–H groups in total. The molecule has 1 aliphatic rings. The van der Waals surface area contributed by atoms with Crippen molar-refractivity contribution in [2.75, 3.05) is 0 Å². The van der Waals surface area contributed by atoms with Gasteiger partial charge in [-0.25, -0.2) is 9.59 Å². The van der Waals surface area contributed by atoms with Gasteiger partial charge in [0.1, 0.15) is 0 Å². The number of rotatable bonds is 8. The van der Waals surface area contributed by atoms with Gasteiger partial charge in [0.2, 0.25) is 0 Å². The van der Waals surface area contributed by atoms with Crippen LogP contribution in [0.2, 0.25) is 0 Å². The summed E-state index contributed by atoms with van der Waals surface area (Å²) in [6.45, 7) is 4.10. The molecular weight excluding hydrogens is 280 g/mol. The molecule has 0 aromatic heterocycles. The average Bonchev–Trinajstić information content (AvgIpc) is 2.55. The van der Waals surface area contributed by atoms with Crippen LogP contribution < -0.4 is 0 Å². The monoisotopic (exact) mass is 306 g/mol. The highest BCUT2D eigenvalue weighted by Gasteiger charge is 2.25. The zero-order valence-electron chi connectivity index (χ0n) is 13.6. The van der Waals surface area contributed by atoms with Gasteiger partial charge in [-0.05, 0) is 50.7 Å². The second kappa shape index (κ2) is 10.8. The van der Waals surface area contributed by atoms with E-state index in [4.69, 9.17) is 9.47 Å². The van der Waals surface area contributed by atoms with Crippen molar-refractivity contribution in [3.63, 3.8) is 0 Å². The molecule has 0 atom stereocenters. The maximum atomic E-state index is 12.1. The van der Waals surface area contributed by atoms with E-state index in [0.717, 1.165) is 38.5 Å². The molecule has 0 aromatic rings. The van der Waals surface area contributed by atoms with Gasteiger partial charge in [0.25, 0.3) is 0 Å². The van der Waals surface area contributed by atoms with E-state index in [-0.39, 0.29) is 0 Å². The van der Waals surface area contributed by atoms with Crippen LogP contribution in [0.3, 0.4) is 0 Å². The largest absolute Gasteiger partial charge is 0.431 e. The van der Waals surface area contributed by atoms with Crippen LogP contribution in [0, 0.1) is 0 Å². The Labute approximate surface area is 132 Å². The van der Waals surface area contributed by atoms with Crippen LogP contribution in [-0.2, 0) is 19.1 Å². The van der Waals surface area contributed by atoms with Crippen molar-refractivity contribution in [3.8, 4) is 0 Å². The fourth-order valence-electron chi connectivity index (χ4n) is 2.19. The molecule has 0 spiro atoms. The van der Waals surface area contributed by atoms with Crippen LogP contribution in [0.4, 0.5) is 0 Å². The number of unbranched alkanes of at least 4 members (excludes halogenated alkanes) is 2. The first kappa shape index (κ1) is 18.2. The number of ether oxygens (including phenoxy) is 2. The zero-order chi connectivity index (χ0) is 16.2. The van der Waals surface area contributed by atoms with Gasteiger partial charge in [-0.2, -0.15) is 0 Å². The lowest BCUT2D eigenvalue weighted by Gasteiger charge is -2.16. The fourth-order valence-corrected chi connectivity index (χ4v) is 2.19. The Morgan fingerprint density at radius 3 is 1.64 bits per heavy atom. The molecule has 0 radical (unpaired) electrons. The molecular formula is C18H26O4. The van der Waals surface area contributed by atoms with E-state index in [1.165, 1.54) is 12.5 Å². The molecule has 122 valence electrons. The summed E-state index contributed by atoms with van der Waals surface area (Å²) in [7, 11) is 0. The van der Waals surface area contributed by atoms with Crippen LogP contribution in [0.1, 0.15) is 65.2 Å². The Morgan fingerprint density at radius 2 is 1.27 bits per heavy atom. The standard InChI is InChI=1S/C18H26O4/c1-3-5-9-13-21-17(19)15-11-7-8-12-16(15)18(20)22-14-10-6-4-2/h9-10,13-14H,3-8,11-12H2,1-2H3/b13-9+,14-10+. The predicted molar refractivity (Wildman–Crippen MR) is 85.8 cm³/mol. The number of carbonyl (C=O) groups is 2. The molecule has 0 aliphatic heterocycles. The summed E-state index contributed by atoms with van der Waals surface area (Å²) in [5, 5.41) is 0. The molecule has 0 unspecified atom stereocenters. The normalized spacial score (nSPS) is 15.5.